The van der Waals surface area contributed by atoms with Crippen LogP contribution >= 0.6 is 0 Å². The van der Waals surface area contributed by atoms with E-state index in [-0.39, 0.29) is 5.91 Å². The molecule has 132 valence electrons. The molecule has 0 unspecified atom stereocenters. The van der Waals surface area contributed by atoms with Crippen LogP contribution in [0.15, 0.2) is 54.7 Å². The van der Waals surface area contributed by atoms with Crippen LogP contribution in [-0.2, 0) is 19.6 Å². The molecule has 1 aliphatic rings. The number of carbonyl (C=O) groups is 1. The molecule has 26 heavy (non-hydrogen) atoms. The summed E-state index contributed by atoms with van der Waals surface area (Å²) in [6.45, 7) is 4.67. The summed E-state index contributed by atoms with van der Waals surface area (Å²) in [6, 6.07) is 16.0. The Bertz CT molecular complexity index is 926. The maximum atomic E-state index is 12.8. The molecular formula is C21H22N4O. The first-order valence-electron chi connectivity index (χ1n) is 8.85. The molecule has 2 N–H and O–H groups in total. The molecule has 5 nitrogen and oxygen atoms in total. The first-order chi connectivity index (χ1) is 12.7. The fraction of sp³-hybridized carbons (Fsp3) is 0.238. The quantitative estimate of drug-likeness (QED) is 0.793. The Morgan fingerprint density at radius 1 is 1.04 bits per heavy atom. The molecular weight excluding hydrogens is 324 g/mol. The summed E-state index contributed by atoms with van der Waals surface area (Å²) in [5, 5.41) is 0. The molecule has 0 aliphatic carbocycles. The third-order valence-corrected chi connectivity index (χ3v) is 5.01. The van der Waals surface area contributed by atoms with Crippen LogP contribution in [0.5, 0.6) is 0 Å². The van der Waals surface area contributed by atoms with E-state index in [0.717, 1.165) is 34.8 Å². The lowest BCUT2D eigenvalue weighted by atomic mass is 10.0. The van der Waals surface area contributed by atoms with Crippen molar-refractivity contribution in [3.63, 3.8) is 0 Å². The summed E-state index contributed by atoms with van der Waals surface area (Å²) in [5.74, 6) is 1.01. The summed E-state index contributed by atoms with van der Waals surface area (Å²) in [5.41, 5.74) is 10.8. The van der Waals surface area contributed by atoms with Crippen LogP contribution in [0.4, 0.5) is 0 Å². The maximum Gasteiger partial charge on any atom is 0.254 e. The summed E-state index contributed by atoms with van der Waals surface area (Å²) >= 11 is 0. The van der Waals surface area contributed by atoms with Gasteiger partial charge in [0.1, 0.15) is 5.82 Å². The fourth-order valence-corrected chi connectivity index (χ4v) is 3.41. The number of hydrogen-bond acceptors (Lipinski definition) is 3. The molecule has 3 aromatic rings. The van der Waals surface area contributed by atoms with Gasteiger partial charge in [-0.2, -0.15) is 0 Å². The van der Waals surface area contributed by atoms with Crippen LogP contribution in [0.1, 0.15) is 27.4 Å². The Kier molecular flexibility index (Phi) is 4.31. The Labute approximate surface area is 153 Å². The van der Waals surface area contributed by atoms with Gasteiger partial charge in [0.15, 0.2) is 0 Å². The molecule has 5 heteroatoms. The van der Waals surface area contributed by atoms with Crippen LogP contribution in [0, 0.1) is 6.92 Å². The molecule has 0 atom stereocenters. The van der Waals surface area contributed by atoms with Crippen molar-refractivity contribution in [2.45, 2.75) is 26.6 Å². The van der Waals surface area contributed by atoms with E-state index >= 15 is 0 Å². The lowest BCUT2D eigenvalue weighted by Crippen LogP contribution is -2.38. The van der Waals surface area contributed by atoms with Crippen LogP contribution in [0.2, 0.25) is 0 Å². The van der Waals surface area contributed by atoms with Crippen molar-refractivity contribution in [3.05, 3.63) is 77.4 Å². The van der Waals surface area contributed by atoms with E-state index in [0.29, 0.717) is 25.2 Å². The summed E-state index contributed by atoms with van der Waals surface area (Å²) in [7, 11) is 0. The van der Waals surface area contributed by atoms with Gasteiger partial charge in [-0.05, 0) is 35.7 Å². The lowest BCUT2D eigenvalue weighted by molar-refractivity contribution is 0.0706. The Hall–Kier alpha value is -2.92. The van der Waals surface area contributed by atoms with Crippen LogP contribution in [0.25, 0.3) is 11.1 Å². The summed E-state index contributed by atoms with van der Waals surface area (Å²) in [4.78, 5) is 19.1. The first kappa shape index (κ1) is 16.5. The second kappa shape index (κ2) is 6.77. The highest BCUT2D eigenvalue weighted by atomic mass is 16.2. The number of aromatic nitrogens is 2. The minimum absolute atomic E-state index is 0.0573. The minimum Gasteiger partial charge on any atom is -0.329 e. The third kappa shape index (κ3) is 3.02. The average molecular weight is 346 g/mol. The van der Waals surface area contributed by atoms with Gasteiger partial charge in [0, 0.05) is 37.1 Å². The number of benzene rings is 2. The Morgan fingerprint density at radius 2 is 1.69 bits per heavy atom. The molecule has 0 bridgehead atoms. The predicted molar refractivity (Wildman–Crippen MR) is 101 cm³/mol. The monoisotopic (exact) mass is 346 g/mol. The van der Waals surface area contributed by atoms with Gasteiger partial charge in [0.05, 0.1) is 6.54 Å². The molecule has 1 amide bonds. The van der Waals surface area contributed by atoms with Crippen molar-refractivity contribution < 1.29 is 4.79 Å². The molecule has 0 saturated carbocycles. The molecule has 0 saturated heterocycles. The Balaban J connectivity index is 1.50. The van der Waals surface area contributed by atoms with Gasteiger partial charge in [0.25, 0.3) is 5.91 Å². The normalized spacial score (nSPS) is 13.5. The van der Waals surface area contributed by atoms with Gasteiger partial charge in [-0.25, -0.2) is 4.98 Å². The van der Waals surface area contributed by atoms with Crippen molar-refractivity contribution in [1.82, 2.24) is 14.5 Å². The van der Waals surface area contributed by atoms with Crippen molar-refractivity contribution >= 4 is 5.91 Å². The zero-order chi connectivity index (χ0) is 18.1. The number of carbonyl (C=O) groups excluding carboxylic acids is 1. The average Bonchev–Trinajstić information content (AvgIpc) is 3.08. The predicted octanol–water partition coefficient (Wildman–Crippen LogP) is 2.97. The molecule has 1 aromatic heterocycles. The molecule has 0 fully saturated rings. The molecule has 2 heterocycles. The molecule has 4 rings (SSSR count). The lowest BCUT2D eigenvalue weighted by Gasteiger charge is -2.28. The van der Waals surface area contributed by atoms with Crippen LogP contribution < -0.4 is 5.73 Å². The van der Waals surface area contributed by atoms with Gasteiger partial charge >= 0.3 is 0 Å². The van der Waals surface area contributed by atoms with E-state index in [9.17, 15) is 4.79 Å². The second-order valence-electron chi connectivity index (χ2n) is 6.67. The highest BCUT2D eigenvalue weighted by molar-refractivity contribution is 5.94. The van der Waals surface area contributed by atoms with E-state index in [4.69, 9.17) is 5.73 Å². The van der Waals surface area contributed by atoms with E-state index in [1.165, 1.54) is 0 Å². The van der Waals surface area contributed by atoms with Crippen molar-refractivity contribution in [3.8, 4) is 11.1 Å². The standard InChI is InChI=1S/C21H22N4O/c1-15-13-23-20-14-24(10-11-25(15)20)21(26)19-8-6-18(7-9-19)17-4-2-16(12-22)3-5-17/h2-9,13H,10-12,14,22H2,1H3. The van der Waals surface area contributed by atoms with Gasteiger partial charge in [-0.15, -0.1) is 0 Å². The summed E-state index contributed by atoms with van der Waals surface area (Å²) < 4.78 is 2.18. The van der Waals surface area contributed by atoms with E-state index in [1.807, 2.05) is 54.4 Å². The number of amides is 1. The van der Waals surface area contributed by atoms with Gasteiger partial charge in [-0.1, -0.05) is 36.4 Å². The molecule has 1 aliphatic heterocycles. The highest BCUT2D eigenvalue weighted by Gasteiger charge is 2.23. The Morgan fingerprint density at radius 3 is 2.35 bits per heavy atom. The SMILES string of the molecule is Cc1cnc2n1CCN(C(=O)c1ccc(-c3ccc(CN)cc3)cc1)C2. The number of fused-ring (bicyclic) bond motifs is 1. The zero-order valence-corrected chi connectivity index (χ0v) is 14.9. The topological polar surface area (TPSA) is 64.2 Å². The van der Waals surface area contributed by atoms with Crippen molar-refractivity contribution in [2.75, 3.05) is 6.54 Å². The smallest absolute Gasteiger partial charge is 0.254 e. The van der Waals surface area contributed by atoms with Gasteiger partial charge in [-0.3, -0.25) is 4.79 Å². The minimum atomic E-state index is 0.0573. The summed E-state index contributed by atoms with van der Waals surface area (Å²) in [6.07, 6.45) is 1.87. The fourth-order valence-electron chi connectivity index (χ4n) is 3.41. The van der Waals surface area contributed by atoms with Gasteiger partial charge in [0.2, 0.25) is 0 Å². The van der Waals surface area contributed by atoms with Crippen molar-refractivity contribution in [1.29, 1.82) is 0 Å². The number of nitrogens with zero attached hydrogens (tertiary/aromatic N) is 3. The number of imidazole rings is 1. The molecule has 0 spiro atoms. The van der Waals surface area contributed by atoms with E-state index in [2.05, 4.69) is 21.7 Å². The number of nitrogens with two attached hydrogens (primary N) is 1. The first-order valence-corrected chi connectivity index (χ1v) is 8.85. The maximum absolute atomic E-state index is 12.8. The van der Waals surface area contributed by atoms with Crippen LogP contribution in [-0.4, -0.2) is 26.9 Å². The number of aryl methyl sites for hydroxylation is 1. The molecule has 2 aromatic carbocycles. The number of rotatable bonds is 3. The van der Waals surface area contributed by atoms with E-state index in [1.54, 1.807) is 0 Å². The van der Waals surface area contributed by atoms with Gasteiger partial charge < -0.3 is 15.2 Å². The van der Waals surface area contributed by atoms with Crippen LogP contribution in [0.3, 0.4) is 0 Å². The van der Waals surface area contributed by atoms with Crippen molar-refractivity contribution in [2.24, 2.45) is 5.73 Å². The second-order valence-corrected chi connectivity index (χ2v) is 6.67. The third-order valence-electron chi connectivity index (χ3n) is 5.01. The molecule has 0 radical (unpaired) electrons. The largest absolute Gasteiger partial charge is 0.329 e. The highest BCUT2D eigenvalue weighted by Crippen LogP contribution is 2.22. The zero-order valence-electron chi connectivity index (χ0n) is 14.9. The van der Waals surface area contributed by atoms with E-state index < -0.39 is 0 Å². The number of hydrogen-bond donors (Lipinski definition) is 1.